The summed E-state index contributed by atoms with van der Waals surface area (Å²) >= 11 is 5.83. The monoisotopic (exact) mass is 370 g/mol. The zero-order valence-corrected chi connectivity index (χ0v) is 15.8. The lowest BCUT2D eigenvalue weighted by atomic mass is 10.0. The lowest BCUT2D eigenvalue weighted by Gasteiger charge is -2.21. The molecule has 0 spiro atoms. The topological polar surface area (TPSA) is 52.6 Å². The maximum absolute atomic E-state index is 12.4. The molecule has 1 heterocycles. The molecule has 26 heavy (non-hydrogen) atoms. The van der Waals surface area contributed by atoms with Gasteiger partial charge in [-0.1, -0.05) is 6.07 Å². The summed E-state index contributed by atoms with van der Waals surface area (Å²) < 4.78 is 0. The van der Waals surface area contributed by atoms with Crippen molar-refractivity contribution >= 4 is 40.5 Å². The lowest BCUT2D eigenvalue weighted by Crippen LogP contribution is -2.21. The average Bonchev–Trinajstić information content (AvgIpc) is 2.93. The number of carbonyl (C=O) groups is 1. The van der Waals surface area contributed by atoms with Crippen LogP contribution in [0.15, 0.2) is 36.4 Å². The molecule has 136 valence electrons. The molecule has 1 aliphatic heterocycles. The number of nitrogens with one attached hydrogen (secondary N) is 1. The highest BCUT2D eigenvalue weighted by atomic mass is 35.5. The Labute approximate surface area is 159 Å². The molecule has 5 heteroatoms. The Morgan fingerprint density at radius 3 is 2.58 bits per heavy atom. The Balaban J connectivity index is 1.98. The second kappa shape index (κ2) is 7.83. The van der Waals surface area contributed by atoms with E-state index in [-0.39, 0.29) is 11.7 Å². The number of rotatable bonds is 6. The van der Waals surface area contributed by atoms with Crippen molar-refractivity contribution in [2.75, 3.05) is 29.2 Å². The molecule has 2 aromatic carbocycles. The van der Waals surface area contributed by atoms with Gasteiger partial charge in [0.25, 0.3) is 5.91 Å². The molecule has 2 aromatic rings. The van der Waals surface area contributed by atoms with Crippen LogP contribution in [0.3, 0.4) is 0 Å². The van der Waals surface area contributed by atoms with Gasteiger partial charge in [0.1, 0.15) is 5.75 Å². The molecule has 0 aromatic heterocycles. The molecule has 0 radical (unpaired) electrons. The van der Waals surface area contributed by atoms with E-state index in [2.05, 4.69) is 24.1 Å². The number of anilines is 2. The summed E-state index contributed by atoms with van der Waals surface area (Å²) in [7, 11) is 0. The van der Waals surface area contributed by atoms with E-state index < -0.39 is 0 Å². The fraction of sp³-hybridized carbons (Fsp3) is 0.286. The number of phenols is 1. The number of benzene rings is 2. The second-order valence-electron chi connectivity index (χ2n) is 6.25. The molecule has 0 saturated heterocycles. The number of hydrogen-bond donors (Lipinski definition) is 2. The lowest BCUT2D eigenvalue weighted by molar-refractivity contribution is -0.110. The Hall–Kier alpha value is -2.46. The van der Waals surface area contributed by atoms with Gasteiger partial charge in [0.15, 0.2) is 0 Å². The summed E-state index contributed by atoms with van der Waals surface area (Å²) in [5.74, 6) is 0.544. The first kappa shape index (κ1) is 18.3. The predicted molar refractivity (Wildman–Crippen MR) is 109 cm³/mol. The van der Waals surface area contributed by atoms with Crippen LogP contribution in [0.2, 0.25) is 0 Å². The zero-order chi connectivity index (χ0) is 18.7. The highest BCUT2D eigenvalue weighted by molar-refractivity contribution is 6.35. The Morgan fingerprint density at radius 2 is 1.92 bits per heavy atom. The quantitative estimate of drug-likeness (QED) is 0.581. The summed E-state index contributed by atoms with van der Waals surface area (Å²) in [6.45, 7) is 5.90. The molecule has 0 bridgehead atoms. The van der Waals surface area contributed by atoms with Gasteiger partial charge in [-0.3, -0.25) is 4.79 Å². The molecule has 0 saturated carbocycles. The highest BCUT2D eigenvalue weighted by Gasteiger charge is 2.24. The van der Waals surface area contributed by atoms with Crippen LogP contribution >= 0.6 is 11.6 Å². The first-order chi connectivity index (χ1) is 12.6. The standard InChI is InChI=1S/C21H23ClN2O2/c1-3-24(4-2)16-7-6-15(20(25)13-16)12-18-17-11-14(9-10-22)5-8-19(17)23-21(18)26/h5-8,11-13,25H,3-4,9-10H2,1-2H3,(H,23,26). The Bertz CT molecular complexity index is 857. The fourth-order valence-electron chi connectivity index (χ4n) is 3.24. The molecule has 2 N–H and O–H groups in total. The van der Waals surface area contributed by atoms with Crippen LogP contribution in [0.4, 0.5) is 11.4 Å². The third-order valence-corrected chi connectivity index (χ3v) is 4.88. The van der Waals surface area contributed by atoms with Crippen molar-refractivity contribution < 1.29 is 9.90 Å². The van der Waals surface area contributed by atoms with Gasteiger partial charge in [-0.2, -0.15) is 0 Å². The molecule has 4 nitrogen and oxygen atoms in total. The number of hydrogen-bond acceptors (Lipinski definition) is 3. The fourth-order valence-corrected chi connectivity index (χ4v) is 3.46. The van der Waals surface area contributed by atoms with Crippen LogP contribution in [0.1, 0.15) is 30.5 Å². The highest BCUT2D eigenvalue weighted by Crippen LogP contribution is 2.36. The molecule has 0 unspecified atom stereocenters. The van der Waals surface area contributed by atoms with E-state index in [1.165, 1.54) is 0 Å². The van der Waals surface area contributed by atoms with Gasteiger partial charge in [-0.15, -0.1) is 11.6 Å². The van der Waals surface area contributed by atoms with E-state index in [0.29, 0.717) is 17.0 Å². The van der Waals surface area contributed by atoms with E-state index in [1.807, 2.05) is 30.3 Å². The normalized spacial score (nSPS) is 14.4. The Kier molecular flexibility index (Phi) is 5.52. The van der Waals surface area contributed by atoms with Crippen LogP contribution in [-0.4, -0.2) is 30.0 Å². The molecule has 3 rings (SSSR count). The van der Waals surface area contributed by atoms with Gasteiger partial charge in [0.05, 0.1) is 0 Å². The first-order valence-electron chi connectivity index (χ1n) is 8.87. The van der Waals surface area contributed by atoms with Gasteiger partial charge in [0.2, 0.25) is 0 Å². The molecule has 1 amide bonds. The number of nitrogens with zero attached hydrogens (tertiary/aromatic N) is 1. The summed E-state index contributed by atoms with van der Waals surface area (Å²) in [6, 6.07) is 11.4. The van der Waals surface area contributed by atoms with Crippen LogP contribution < -0.4 is 10.2 Å². The van der Waals surface area contributed by atoms with E-state index in [4.69, 9.17) is 11.6 Å². The van der Waals surface area contributed by atoms with Gasteiger partial charge in [-0.25, -0.2) is 0 Å². The minimum absolute atomic E-state index is 0.157. The van der Waals surface area contributed by atoms with Crippen LogP contribution in [-0.2, 0) is 11.2 Å². The van der Waals surface area contributed by atoms with E-state index >= 15 is 0 Å². The zero-order valence-electron chi connectivity index (χ0n) is 15.1. The summed E-state index contributed by atoms with van der Waals surface area (Å²) in [6.07, 6.45) is 2.49. The first-order valence-corrected chi connectivity index (χ1v) is 9.41. The van der Waals surface area contributed by atoms with Crippen molar-refractivity contribution in [1.82, 2.24) is 0 Å². The number of aryl methyl sites for hydroxylation is 1. The SMILES string of the molecule is CCN(CC)c1ccc(C=C2C(=O)Nc3ccc(CCCl)cc32)c(O)c1. The number of fused-ring (bicyclic) bond motifs is 1. The molecule has 0 atom stereocenters. The third-order valence-electron chi connectivity index (χ3n) is 4.69. The van der Waals surface area contributed by atoms with Gasteiger partial charge >= 0.3 is 0 Å². The third kappa shape index (κ3) is 3.56. The molecular weight excluding hydrogens is 348 g/mol. The maximum atomic E-state index is 12.4. The summed E-state index contributed by atoms with van der Waals surface area (Å²) in [5.41, 5.74) is 4.88. The van der Waals surface area contributed by atoms with Crippen molar-refractivity contribution in [2.45, 2.75) is 20.3 Å². The Morgan fingerprint density at radius 1 is 1.15 bits per heavy atom. The van der Waals surface area contributed by atoms with Crippen molar-refractivity contribution in [2.24, 2.45) is 0 Å². The van der Waals surface area contributed by atoms with E-state index in [9.17, 15) is 9.90 Å². The number of halogens is 1. The van der Waals surface area contributed by atoms with Crippen LogP contribution in [0.5, 0.6) is 5.75 Å². The summed E-state index contributed by atoms with van der Waals surface area (Å²) in [5, 5.41) is 13.3. The van der Waals surface area contributed by atoms with Gasteiger partial charge in [-0.05, 0) is 56.2 Å². The minimum Gasteiger partial charge on any atom is -0.507 e. The van der Waals surface area contributed by atoms with E-state index in [1.54, 1.807) is 12.1 Å². The van der Waals surface area contributed by atoms with Gasteiger partial charge < -0.3 is 15.3 Å². The van der Waals surface area contributed by atoms with E-state index in [0.717, 1.165) is 42.0 Å². The minimum atomic E-state index is -0.157. The number of carbonyl (C=O) groups excluding carboxylic acids is 1. The second-order valence-corrected chi connectivity index (χ2v) is 6.62. The number of amides is 1. The number of aromatic hydroxyl groups is 1. The molecular formula is C21H23ClN2O2. The average molecular weight is 371 g/mol. The largest absolute Gasteiger partial charge is 0.507 e. The van der Waals surface area contributed by atoms with Crippen molar-refractivity contribution in [3.63, 3.8) is 0 Å². The molecule has 0 fully saturated rings. The molecule has 0 aliphatic carbocycles. The summed E-state index contributed by atoms with van der Waals surface area (Å²) in [4.78, 5) is 14.5. The van der Waals surface area contributed by atoms with Gasteiger partial charge in [0, 0.05) is 53.1 Å². The van der Waals surface area contributed by atoms with Crippen molar-refractivity contribution in [3.05, 3.63) is 53.1 Å². The van der Waals surface area contributed by atoms with Crippen LogP contribution in [0.25, 0.3) is 11.6 Å². The smallest absolute Gasteiger partial charge is 0.256 e. The predicted octanol–water partition coefficient (Wildman–Crippen LogP) is 4.51. The van der Waals surface area contributed by atoms with Crippen LogP contribution in [0, 0.1) is 0 Å². The molecule has 1 aliphatic rings. The van der Waals surface area contributed by atoms with Crippen molar-refractivity contribution in [1.29, 1.82) is 0 Å². The number of alkyl halides is 1. The maximum Gasteiger partial charge on any atom is 0.256 e. The number of phenolic OH excluding ortho intramolecular Hbond substituents is 1. The van der Waals surface area contributed by atoms with Crippen molar-refractivity contribution in [3.8, 4) is 5.75 Å².